The summed E-state index contributed by atoms with van der Waals surface area (Å²) >= 11 is 0. The van der Waals surface area contributed by atoms with E-state index in [9.17, 15) is 0 Å². The van der Waals surface area contributed by atoms with Crippen molar-refractivity contribution in [2.75, 3.05) is 23.8 Å². The molecular weight excluding hydrogens is 218 g/mol. The lowest BCUT2D eigenvalue weighted by molar-refractivity contribution is 0.292. The topological polar surface area (TPSA) is 85.9 Å². The van der Waals surface area contributed by atoms with Crippen LogP contribution in [0.2, 0.25) is 0 Å². The van der Waals surface area contributed by atoms with E-state index in [2.05, 4.69) is 25.6 Å². The molecule has 0 spiro atoms. The monoisotopic (exact) mass is 233 g/mol. The summed E-state index contributed by atoms with van der Waals surface area (Å²) in [6.07, 6.45) is 4.03. The molecule has 0 saturated heterocycles. The molecule has 0 aliphatic heterocycles. The number of H-pyrrole nitrogens is 1. The van der Waals surface area contributed by atoms with E-state index in [0.29, 0.717) is 18.8 Å². The molecule has 0 atom stereocenters. The molecule has 0 aliphatic rings. The van der Waals surface area contributed by atoms with Crippen molar-refractivity contribution in [3.05, 3.63) is 30.7 Å². The maximum absolute atomic E-state index is 8.68. The smallest absolute Gasteiger partial charge is 0.136 e. The summed E-state index contributed by atoms with van der Waals surface area (Å²) in [4.78, 5) is 11.2. The number of rotatable bonds is 6. The predicted octanol–water partition coefficient (Wildman–Crippen LogP) is 1.34. The van der Waals surface area contributed by atoms with Crippen molar-refractivity contribution in [3.63, 3.8) is 0 Å². The van der Waals surface area contributed by atoms with Gasteiger partial charge in [-0.05, 0) is 18.6 Å². The fourth-order valence-electron chi connectivity index (χ4n) is 1.36. The molecule has 0 amide bonds. The Hall–Kier alpha value is -2.08. The van der Waals surface area contributed by atoms with Crippen molar-refractivity contribution in [1.29, 1.82) is 0 Å². The van der Waals surface area contributed by atoms with Gasteiger partial charge in [0.05, 0.1) is 0 Å². The fourth-order valence-corrected chi connectivity index (χ4v) is 1.36. The quantitative estimate of drug-likeness (QED) is 0.566. The van der Waals surface area contributed by atoms with Gasteiger partial charge in [0.25, 0.3) is 0 Å². The van der Waals surface area contributed by atoms with E-state index in [4.69, 9.17) is 5.11 Å². The highest BCUT2D eigenvalue weighted by Gasteiger charge is 1.99. The molecule has 0 fully saturated rings. The Morgan fingerprint density at radius 3 is 2.94 bits per heavy atom. The van der Waals surface area contributed by atoms with Gasteiger partial charge in [-0.25, -0.2) is 9.97 Å². The molecule has 0 radical (unpaired) electrons. The zero-order valence-corrected chi connectivity index (χ0v) is 9.35. The van der Waals surface area contributed by atoms with E-state index >= 15 is 0 Å². The first-order valence-electron chi connectivity index (χ1n) is 5.45. The van der Waals surface area contributed by atoms with E-state index in [0.717, 1.165) is 11.6 Å². The Bertz CT molecular complexity index is 443. The minimum absolute atomic E-state index is 0.172. The Morgan fingerprint density at radius 1 is 1.29 bits per heavy atom. The molecule has 4 N–H and O–H groups in total. The standard InChI is InChI=1S/C11H15N5O/c17-6-2-5-13-10-7-11(15-8-14-10)16-9-3-1-4-12-9/h1,3-4,7-8,12,17H,2,5-6H2,(H2,13,14,15,16). The number of aliphatic hydroxyl groups excluding tert-OH is 1. The first-order chi connectivity index (χ1) is 8.38. The minimum Gasteiger partial charge on any atom is -0.396 e. The van der Waals surface area contributed by atoms with Gasteiger partial charge < -0.3 is 20.7 Å². The molecule has 0 saturated carbocycles. The van der Waals surface area contributed by atoms with Crippen molar-refractivity contribution in [2.24, 2.45) is 0 Å². The Morgan fingerprint density at radius 2 is 2.18 bits per heavy atom. The first-order valence-corrected chi connectivity index (χ1v) is 5.45. The summed E-state index contributed by atoms with van der Waals surface area (Å²) in [5, 5.41) is 14.9. The van der Waals surface area contributed by atoms with Crippen LogP contribution in [0.3, 0.4) is 0 Å². The largest absolute Gasteiger partial charge is 0.396 e. The number of aliphatic hydroxyl groups is 1. The minimum atomic E-state index is 0.172. The molecule has 90 valence electrons. The second kappa shape index (κ2) is 5.86. The molecule has 2 aromatic heterocycles. The third-order valence-electron chi connectivity index (χ3n) is 2.17. The molecule has 6 heteroatoms. The molecule has 0 bridgehead atoms. The van der Waals surface area contributed by atoms with Crippen LogP contribution in [0.25, 0.3) is 0 Å². The number of anilines is 3. The van der Waals surface area contributed by atoms with Crippen LogP contribution in [-0.2, 0) is 0 Å². The summed E-state index contributed by atoms with van der Waals surface area (Å²) in [7, 11) is 0. The van der Waals surface area contributed by atoms with Crippen LogP contribution in [0.4, 0.5) is 17.5 Å². The van der Waals surface area contributed by atoms with Gasteiger partial charge in [0, 0.05) is 25.4 Å². The van der Waals surface area contributed by atoms with Crippen LogP contribution < -0.4 is 10.6 Å². The zero-order chi connectivity index (χ0) is 11.9. The summed E-state index contributed by atoms with van der Waals surface area (Å²) in [5.74, 6) is 2.33. The van der Waals surface area contributed by atoms with E-state index < -0.39 is 0 Å². The lowest BCUT2D eigenvalue weighted by atomic mass is 10.4. The Balaban J connectivity index is 1.96. The predicted molar refractivity (Wildman–Crippen MR) is 66.3 cm³/mol. The summed E-state index contributed by atoms with van der Waals surface area (Å²) in [6, 6.07) is 5.64. The van der Waals surface area contributed by atoms with E-state index in [1.807, 2.05) is 24.4 Å². The van der Waals surface area contributed by atoms with E-state index in [1.165, 1.54) is 6.33 Å². The lowest BCUT2D eigenvalue weighted by Gasteiger charge is -2.06. The average molecular weight is 233 g/mol. The highest BCUT2D eigenvalue weighted by molar-refractivity contribution is 5.55. The van der Waals surface area contributed by atoms with Crippen molar-refractivity contribution in [3.8, 4) is 0 Å². The highest BCUT2D eigenvalue weighted by atomic mass is 16.3. The van der Waals surface area contributed by atoms with Crippen LogP contribution in [-0.4, -0.2) is 33.2 Å². The third-order valence-corrected chi connectivity index (χ3v) is 2.17. The zero-order valence-electron chi connectivity index (χ0n) is 9.35. The maximum Gasteiger partial charge on any atom is 0.136 e. The number of nitrogens with zero attached hydrogens (tertiary/aromatic N) is 2. The molecule has 2 rings (SSSR count). The second-order valence-corrected chi connectivity index (χ2v) is 3.50. The summed E-state index contributed by atoms with van der Waals surface area (Å²) < 4.78 is 0. The molecule has 0 aromatic carbocycles. The van der Waals surface area contributed by atoms with Gasteiger partial charge in [0.2, 0.25) is 0 Å². The first kappa shape index (κ1) is 11.4. The fraction of sp³-hybridized carbons (Fsp3) is 0.273. The maximum atomic E-state index is 8.68. The molecule has 17 heavy (non-hydrogen) atoms. The molecule has 6 nitrogen and oxygen atoms in total. The SMILES string of the molecule is OCCCNc1cc(Nc2ccc[nH]2)ncn1. The molecule has 0 unspecified atom stereocenters. The number of nitrogens with one attached hydrogen (secondary N) is 3. The van der Waals surface area contributed by atoms with Crippen LogP contribution in [0.5, 0.6) is 0 Å². The van der Waals surface area contributed by atoms with Crippen LogP contribution in [0.1, 0.15) is 6.42 Å². The van der Waals surface area contributed by atoms with E-state index in [-0.39, 0.29) is 6.61 Å². The summed E-state index contributed by atoms with van der Waals surface area (Å²) in [6.45, 7) is 0.862. The van der Waals surface area contributed by atoms with Crippen LogP contribution >= 0.6 is 0 Å². The van der Waals surface area contributed by atoms with Gasteiger partial charge in [0.1, 0.15) is 23.8 Å². The van der Waals surface area contributed by atoms with Crippen LogP contribution in [0, 0.1) is 0 Å². The average Bonchev–Trinajstić information content (AvgIpc) is 2.83. The molecule has 2 aromatic rings. The van der Waals surface area contributed by atoms with Crippen molar-refractivity contribution < 1.29 is 5.11 Å². The van der Waals surface area contributed by atoms with Gasteiger partial charge >= 0.3 is 0 Å². The number of aromatic nitrogens is 3. The van der Waals surface area contributed by atoms with Crippen LogP contribution in [0.15, 0.2) is 30.7 Å². The number of aromatic amines is 1. The highest BCUT2D eigenvalue weighted by Crippen LogP contribution is 2.13. The van der Waals surface area contributed by atoms with Gasteiger partial charge in [-0.3, -0.25) is 0 Å². The van der Waals surface area contributed by atoms with Crippen molar-refractivity contribution in [1.82, 2.24) is 15.0 Å². The van der Waals surface area contributed by atoms with Gasteiger partial charge in [-0.1, -0.05) is 0 Å². The third kappa shape index (κ3) is 3.46. The van der Waals surface area contributed by atoms with Gasteiger partial charge in [-0.2, -0.15) is 0 Å². The molecule has 2 heterocycles. The molecular formula is C11H15N5O. The normalized spacial score (nSPS) is 10.2. The van der Waals surface area contributed by atoms with Crippen molar-refractivity contribution >= 4 is 17.5 Å². The Labute approximate surface area is 99.1 Å². The Kier molecular flexibility index (Phi) is 3.93. The lowest BCUT2D eigenvalue weighted by Crippen LogP contribution is -2.06. The number of hydrogen-bond donors (Lipinski definition) is 4. The summed E-state index contributed by atoms with van der Waals surface area (Å²) in [5.41, 5.74) is 0. The van der Waals surface area contributed by atoms with E-state index in [1.54, 1.807) is 0 Å². The van der Waals surface area contributed by atoms with Gasteiger partial charge in [0.15, 0.2) is 0 Å². The second-order valence-electron chi connectivity index (χ2n) is 3.50. The van der Waals surface area contributed by atoms with Crippen molar-refractivity contribution in [2.45, 2.75) is 6.42 Å². The number of hydrogen-bond acceptors (Lipinski definition) is 5. The molecule has 0 aliphatic carbocycles. The van der Waals surface area contributed by atoms with Gasteiger partial charge in [-0.15, -0.1) is 0 Å².